The molecule has 7 heteroatoms. The molecule has 1 atom stereocenters. The van der Waals surface area contributed by atoms with Crippen molar-refractivity contribution in [3.8, 4) is 0 Å². The smallest absolute Gasteiger partial charge is 0.282 e. The molecule has 0 saturated heterocycles. The number of hydrogen-bond acceptors (Lipinski definition) is 5. The molecule has 0 aliphatic heterocycles. The van der Waals surface area contributed by atoms with E-state index in [2.05, 4.69) is 15.5 Å². The molecule has 100 valence electrons. The summed E-state index contributed by atoms with van der Waals surface area (Å²) in [5.41, 5.74) is 6.36. The van der Waals surface area contributed by atoms with Crippen LogP contribution in [0, 0.1) is 5.82 Å². The summed E-state index contributed by atoms with van der Waals surface area (Å²) < 4.78 is 12.8. The first-order chi connectivity index (χ1) is 9.04. The van der Waals surface area contributed by atoms with Gasteiger partial charge in [-0.3, -0.25) is 4.79 Å². The van der Waals surface area contributed by atoms with Gasteiger partial charge in [0.2, 0.25) is 10.1 Å². The number of aromatic nitrogens is 2. The minimum absolute atomic E-state index is 0.0944. The molecule has 0 fully saturated rings. The second-order valence-corrected chi connectivity index (χ2v) is 5.16. The largest absolute Gasteiger partial charge is 0.374 e. The van der Waals surface area contributed by atoms with Crippen molar-refractivity contribution in [1.82, 2.24) is 15.5 Å². The average Bonchev–Trinajstić information content (AvgIpc) is 2.79. The van der Waals surface area contributed by atoms with E-state index in [0.29, 0.717) is 6.42 Å². The number of halogens is 1. The lowest BCUT2D eigenvalue weighted by atomic mass is 10.1. The minimum Gasteiger partial charge on any atom is -0.374 e. The summed E-state index contributed by atoms with van der Waals surface area (Å²) in [6.07, 6.45) is 0.611. The van der Waals surface area contributed by atoms with Crippen LogP contribution in [0.2, 0.25) is 0 Å². The summed E-state index contributed by atoms with van der Waals surface area (Å²) >= 11 is 1.04. The van der Waals surface area contributed by atoms with E-state index in [1.54, 1.807) is 12.1 Å². The Morgan fingerprint density at radius 1 is 1.42 bits per heavy atom. The number of nitrogens with zero attached hydrogens (tertiary/aromatic N) is 2. The first-order valence-corrected chi connectivity index (χ1v) is 6.50. The van der Waals surface area contributed by atoms with Crippen molar-refractivity contribution in [1.29, 1.82) is 0 Å². The molecule has 0 aliphatic carbocycles. The van der Waals surface area contributed by atoms with Crippen LogP contribution < -0.4 is 11.1 Å². The number of carbonyl (C=O) groups is 1. The molecular weight excluding hydrogens is 267 g/mol. The molecule has 0 bridgehead atoms. The first-order valence-electron chi connectivity index (χ1n) is 5.69. The Hall–Kier alpha value is -2.02. The fraction of sp³-hybridized carbons (Fsp3) is 0.250. The van der Waals surface area contributed by atoms with E-state index in [-0.39, 0.29) is 27.9 Å². The molecule has 0 radical (unpaired) electrons. The molecule has 1 aromatic carbocycles. The van der Waals surface area contributed by atoms with E-state index < -0.39 is 0 Å². The Labute approximate surface area is 113 Å². The van der Waals surface area contributed by atoms with Gasteiger partial charge in [0.25, 0.3) is 5.91 Å². The molecule has 0 spiro atoms. The standard InChI is InChI=1S/C12H13FN4OS/c1-7(6-8-2-4-9(13)5-3-8)15-10(18)11-16-17-12(14)19-11/h2-5,7H,6H2,1H3,(H2,14,17)(H,15,18). The molecule has 0 saturated carbocycles. The van der Waals surface area contributed by atoms with Crippen molar-refractivity contribution in [3.05, 3.63) is 40.7 Å². The van der Waals surface area contributed by atoms with Crippen molar-refractivity contribution in [2.75, 3.05) is 5.73 Å². The summed E-state index contributed by atoms with van der Waals surface area (Å²) in [5.74, 6) is -0.575. The SMILES string of the molecule is CC(Cc1ccc(F)cc1)NC(=O)c1nnc(N)s1. The third-order valence-corrected chi connectivity index (χ3v) is 3.22. The number of nitrogens with one attached hydrogen (secondary N) is 1. The molecule has 3 N–H and O–H groups in total. The van der Waals surface area contributed by atoms with Crippen molar-refractivity contribution in [2.24, 2.45) is 0 Å². The van der Waals surface area contributed by atoms with Crippen molar-refractivity contribution in [3.63, 3.8) is 0 Å². The van der Waals surface area contributed by atoms with Crippen LogP contribution in [-0.2, 0) is 6.42 Å². The molecule has 1 amide bonds. The number of nitrogens with two attached hydrogens (primary N) is 1. The Kier molecular flexibility index (Phi) is 4.06. The molecule has 19 heavy (non-hydrogen) atoms. The Morgan fingerprint density at radius 2 is 2.11 bits per heavy atom. The highest BCUT2D eigenvalue weighted by Gasteiger charge is 2.14. The first kappa shape index (κ1) is 13.4. The maximum absolute atomic E-state index is 12.8. The molecule has 5 nitrogen and oxygen atoms in total. The van der Waals surface area contributed by atoms with Crippen LogP contribution in [0.15, 0.2) is 24.3 Å². The molecule has 1 heterocycles. The van der Waals surface area contributed by atoms with E-state index in [0.717, 1.165) is 16.9 Å². The van der Waals surface area contributed by atoms with Crippen LogP contribution in [0.4, 0.5) is 9.52 Å². The highest BCUT2D eigenvalue weighted by molar-refractivity contribution is 7.16. The van der Waals surface area contributed by atoms with Gasteiger partial charge in [-0.1, -0.05) is 23.5 Å². The lowest BCUT2D eigenvalue weighted by Crippen LogP contribution is -2.34. The second kappa shape index (κ2) is 5.75. The van der Waals surface area contributed by atoms with Crippen LogP contribution in [0.3, 0.4) is 0 Å². The zero-order valence-electron chi connectivity index (χ0n) is 10.3. The summed E-state index contributed by atoms with van der Waals surface area (Å²) in [4.78, 5) is 11.8. The Balaban J connectivity index is 1.92. The van der Waals surface area contributed by atoms with Crippen molar-refractivity contribution >= 4 is 22.4 Å². The van der Waals surface area contributed by atoms with E-state index >= 15 is 0 Å². The summed E-state index contributed by atoms with van der Waals surface area (Å²) in [6, 6.07) is 6.09. The van der Waals surface area contributed by atoms with Gasteiger partial charge in [-0.15, -0.1) is 10.2 Å². The second-order valence-electron chi connectivity index (χ2n) is 4.15. The molecule has 1 aromatic heterocycles. The highest BCUT2D eigenvalue weighted by atomic mass is 32.1. The maximum atomic E-state index is 12.8. The number of nitrogen functional groups attached to an aromatic ring is 1. The highest BCUT2D eigenvalue weighted by Crippen LogP contribution is 2.11. The predicted molar refractivity (Wildman–Crippen MR) is 71.4 cm³/mol. The van der Waals surface area contributed by atoms with Gasteiger partial charge in [0.15, 0.2) is 0 Å². The van der Waals surface area contributed by atoms with E-state index in [4.69, 9.17) is 5.73 Å². The van der Waals surface area contributed by atoms with E-state index in [1.807, 2.05) is 6.92 Å². The Morgan fingerprint density at radius 3 is 2.68 bits per heavy atom. The van der Waals surface area contributed by atoms with Crippen molar-refractivity contribution in [2.45, 2.75) is 19.4 Å². The number of hydrogen-bond donors (Lipinski definition) is 2. The number of benzene rings is 1. The van der Waals surface area contributed by atoms with Crippen LogP contribution in [0.5, 0.6) is 0 Å². The van der Waals surface area contributed by atoms with Gasteiger partial charge in [0, 0.05) is 6.04 Å². The van der Waals surface area contributed by atoms with Crippen LogP contribution in [0.25, 0.3) is 0 Å². The van der Waals surface area contributed by atoms with Crippen LogP contribution >= 0.6 is 11.3 Å². The van der Waals surface area contributed by atoms with Gasteiger partial charge in [-0.25, -0.2) is 4.39 Å². The summed E-state index contributed by atoms with van der Waals surface area (Å²) in [6.45, 7) is 1.87. The van der Waals surface area contributed by atoms with Gasteiger partial charge >= 0.3 is 0 Å². The fourth-order valence-corrected chi connectivity index (χ4v) is 2.15. The summed E-state index contributed by atoms with van der Waals surface area (Å²) in [7, 11) is 0. The van der Waals surface area contributed by atoms with Gasteiger partial charge in [0.1, 0.15) is 5.82 Å². The molecule has 2 rings (SSSR count). The minimum atomic E-state index is -0.302. The summed E-state index contributed by atoms with van der Waals surface area (Å²) in [5, 5.41) is 10.5. The number of rotatable bonds is 4. The molecule has 1 unspecified atom stereocenters. The maximum Gasteiger partial charge on any atom is 0.282 e. The third-order valence-electron chi connectivity index (χ3n) is 2.47. The van der Waals surface area contributed by atoms with Gasteiger partial charge in [-0.2, -0.15) is 0 Å². The normalized spacial score (nSPS) is 12.1. The topological polar surface area (TPSA) is 80.9 Å². The fourth-order valence-electron chi connectivity index (χ4n) is 1.64. The predicted octanol–water partition coefficient (Wildman–Crippen LogP) is 1.62. The lowest BCUT2D eigenvalue weighted by Gasteiger charge is -2.12. The number of anilines is 1. The molecular formula is C12H13FN4OS. The van der Waals surface area contributed by atoms with Crippen LogP contribution in [-0.4, -0.2) is 22.1 Å². The molecule has 2 aromatic rings. The zero-order chi connectivity index (χ0) is 13.8. The van der Waals surface area contributed by atoms with Gasteiger partial charge < -0.3 is 11.1 Å². The third kappa shape index (κ3) is 3.72. The van der Waals surface area contributed by atoms with Gasteiger partial charge in [-0.05, 0) is 31.0 Å². The van der Waals surface area contributed by atoms with E-state index in [9.17, 15) is 9.18 Å². The van der Waals surface area contributed by atoms with Crippen LogP contribution in [0.1, 0.15) is 22.3 Å². The van der Waals surface area contributed by atoms with Gasteiger partial charge in [0.05, 0.1) is 0 Å². The zero-order valence-corrected chi connectivity index (χ0v) is 11.1. The van der Waals surface area contributed by atoms with E-state index in [1.165, 1.54) is 12.1 Å². The number of carbonyl (C=O) groups excluding carboxylic acids is 1. The molecule has 0 aliphatic rings. The average molecular weight is 280 g/mol. The monoisotopic (exact) mass is 280 g/mol. The Bertz CT molecular complexity index is 569. The van der Waals surface area contributed by atoms with Crippen molar-refractivity contribution < 1.29 is 9.18 Å². The quantitative estimate of drug-likeness (QED) is 0.891. The number of amides is 1. The lowest BCUT2D eigenvalue weighted by molar-refractivity contribution is 0.0939.